The van der Waals surface area contributed by atoms with Crippen molar-refractivity contribution >= 4 is 22.7 Å². The number of aliphatic hydroxyl groups excluding tert-OH is 2. The van der Waals surface area contributed by atoms with Gasteiger partial charge in [0.25, 0.3) is 0 Å². The Morgan fingerprint density at radius 3 is 2.95 bits per heavy atom. The number of H-pyrrole nitrogens is 1. The van der Waals surface area contributed by atoms with Gasteiger partial charge in [0.1, 0.15) is 12.2 Å². The summed E-state index contributed by atoms with van der Waals surface area (Å²) in [7, 11) is 0. The number of thioether (sulfide) groups is 1. The van der Waals surface area contributed by atoms with Crippen molar-refractivity contribution in [1.82, 2.24) is 4.98 Å². The molecule has 3 atom stereocenters. The van der Waals surface area contributed by atoms with Crippen LogP contribution in [-0.4, -0.2) is 51.6 Å². The molecule has 3 rings (SSSR count). The summed E-state index contributed by atoms with van der Waals surface area (Å²) in [4.78, 5) is 3.28. The van der Waals surface area contributed by atoms with Crippen LogP contribution in [0.15, 0.2) is 30.5 Å². The van der Waals surface area contributed by atoms with Crippen LogP contribution in [0.25, 0.3) is 10.9 Å². The van der Waals surface area contributed by atoms with Gasteiger partial charge in [-0.1, -0.05) is 18.2 Å². The van der Waals surface area contributed by atoms with Gasteiger partial charge in [0.05, 0.1) is 12.7 Å². The number of rotatable bonds is 5. The van der Waals surface area contributed by atoms with Crippen LogP contribution in [0.5, 0.6) is 0 Å². The highest BCUT2D eigenvalue weighted by Gasteiger charge is 2.34. The molecule has 1 aromatic carbocycles. The maximum absolute atomic E-state index is 9.69. The summed E-state index contributed by atoms with van der Waals surface area (Å²) < 4.78 is 5.36. The second-order valence-corrected chi connectivity index (χ2v) is 6.26. The minimum Gasteiger partial charge on any atom is -0.388 e. The summed E-state index contributed by atoms with van der Waals surface area (Å²) in [6.45, 7) is 0.245. The molecule has 2 heterocycles. The van der Waals surface area contributed by atoms with E-state index in [1.807, 2.05) is 6.07 Å². The van der Waals surface area contributed by atoms with Crippen molar-refractivity contribution < 1.29 is 14.9 Å². The lowest BCUT2D eigenvalue weighted by molar-refractivity contribution is 0.0337. The topological polar surface area (TPSA) is 65.5 Å². The molecule has 1 saturated heterocycles. The molecule has 0 amide bonds. The van der Waals surface area contributed by atoms with Crippen molar-refractivity contribution in [3.63, 3.8) is 0 Å². The lowest BCUT2D eigenvalue weighted by Crippen LogP contribution is -2.31. The number of hydrogen-bond acceptors (Lipinski definition) is 4. The minimum atomic E-state index is -0.740. The van der Waals surface area contributed by atoms with Crippen molar-refractivity contribution in [1.29, 1.82) is 0 Å². The van der Waals surface area contributed by atoms with Crippen molar-refractivity contribution in [2.75, 3.05) is 18.1 Å². The van der Waals surface area contributed by atoms with E-state index in [9.17, 15) is 10.2 Å². The molecule has 3 N–H and O–H groups in total. The van der Waals surface area contributed by atoms with E-state index in [2.05, 4.69) is 29.4 Å². The van der Waals surface area contributed by atoms with Gasteiger partial charge in [-0.15, -0.1) is 0 Å². The fourth-order valence-corrected chi connectivity index (χ4v) is 3.59. The normalized spacial score (nSPS) is 26.4. The summed E-state index contributed by atoms with van der Waals surface area (Å²) in [5.74, 6) is 1.70. The van der Waals surface area contributed by atoms with Crippen molar-refractivity contribution in [3.05, 3.63) is 36.0 Å². The van der Waals surface area contributed by atoms with Gasteiger partial charge in [-0.05, 0) is 23.8 Å². The fourth-order valence-electron chi connectivity index (χ4n) is 2.53. The molecule has 0 saturated carbocycles. The standard InChI is InChI=1S/C15H19NO3S/c17-13-8-19-14(15(13)18)9-20-6-5-10-7-16-12-4-2-1-3-11(10)12/h1-4,7,13-18H,5-6,8-9H2. The predicted molar refractivity (Wildman–Crippen MR) is 81.1 cm³/mol. The third-order valence-electron chi connectivity index (χ3n) is 3.73. The maximum atomic E-state index is 9.69. The molecule has 1 aliphatic heterocycles. The molecule has 20 heavy (non-hydrogen) atoms. The maximum Gasteiger partial charge on any atom is 0.109 e. The van der Waals surface area contributed by atoms with Crippen molar-refractivity contribution in [2.24, 2.45) is 0 Å². The molecule has 1 fully saturated rings. The summed E-state index contributed by atoms with van der Waals surface area (Å²) in [6, 6.07) is 8.29. The highest BCUT2D eigenvalue weighted by Crippen LogP contribution is 2.22. The second-order valence-electron chi connectivity index (χ2n) is 5.11. The highest BCUT2D eigenvalue weighted by molar-refractivity contribution is 7.99. The van der Waals surface area contributed by atoms with Gasteiger partial charge in [0.15, 0.2) is 0 Å². The molecular formula is C15H19NO3S. The number of benzene rings is 1. The average molecular weight is 293 g/mol. The van der Waals surface area contributed by atoms with E-state index in [1.54, 1.807) is 11.8 Å². The first-order valence-electron chi connectivity index (χ1n) is 6.86. The van der Waals surface area contributed by atoms with Crippen LogP contribution in [0.4, 0.5) is 0 Å². The van der Waals surface area contributed by atoms with Crippen molar-refractivity contribution in [2.45, 2.75) is 24.7 Å². The molecular weight excluding hydrogens is 274 g/mol. The van der Waals surface area contributed by atoms with Gasteiger partial charge in [-0.25, -0.2) is 0 Å². The van der Waals surface area contributed by atoms with E-state index >= 15 is 0 Å². The molecule has 4 nitrogen and oxygen atoms in total. The second kappa shape index (κ2) is 6.18. The SMILES string of the molecule is OC1COC(CSCCc2c[nH]c3ccccc23)C1O. The predicted octanol–water partition coefficient (Wildman–Crippen LogP) is 1.56. The van der Waals surface area contributed by atoms with E-state index in [-0.39, 0.29) is 12.7 Å². The number of nitrogens with one attached hydrogen (secondary N) is 1. The first-order chi connectivity index (χ1) is 9.75. The van der Waals surface area contributed by atoms with Crippen LogP contribution in [0, 0.1) is 0 Å². The Morgan fingerprint density at radius 2 is 2.15 bits per heavy atom. The number of fused-ring (bicyclic) bond motifs is 1. The number of aryl methyl sites for hydroxylation is 1. The first kappa shape index (κ1) is 13.9. The van der Waals surface area contributed by atoms with E-state index in [0.29, 0.717) is 0 Å². The molecule has 0 spiro atoms. The number of para-hydroxylation sites is 1. The van der Waals surface area contributed by atoms with E-state index in [0.717, 1.165) is 17.9 Å². The number of aliphatic hydroxyl groups is 2. The van der Waals surface area contributed by atoms with Crippen LogP contribution in [0.2, 0.25) is 0 Å². The van der Waals surface area contributed by atoms with Crippen LogP contribution >= 0.6 is 11.8 Å². The van der Waals surface area contributed by atoms with Gasteiger partial charge in [-0.2, -0.15) is 11.8 Å². The highest BCUT2D eigenvalue weighted by atomic mass is 32.2. The molecule has 0 bridgehead atoms. The Kier molecular flexibility index (Phi) is 4.31. The molecule has 5 heteroatoms. The summed E-state index contributed by atoms with van der Waals surface area (Å²) >= 11 is 1.75. The zero-order chi connectivity index (χ0) is 13.9. The van der Waals surface area contributed by atoms with E-state index < -0.39 is 12.2 Å². The van der Waals surface area contributed by atoms with Crippen LogP contribution in [0.1, 0.15) is 5.56 Å². The average Bonchev–Trinajstić information content (AvgIpc) is 3.02. The molecule has 1 aliphatic rings. The van der Waals surface area contributed by atoms with Gasteiger partial charge >= 0.3 is 0 Å². The van der Waals surface area contributed by atoms with Crippen molar-refractivity contribution in [3.8, 4) is 0 Å². The lowest BCUT2D eigenvalue weighted by atomic mass is 10.1. The van der Waals surface area contributed by atoms with Gasteiger partial charge in [0, 0.05) is 22.9 Å². The number of hydrogen-bond donors (Lipinski definition) is 3. The monoisotopic (exact) mass is 293 g/mol. The quantitative estimate of drug-likeness (QED) is 0.732. The smallest absolute Gasteiger partial charge is 0.109 e. The molecule has 2 aromatic rings. The Labute approximate surface area is 122 Å². The Morgan fingerprint density at radius 1 is 1.30 bits per heavy atom. The molecule has 3 unspecified atom stereocenters. The molecule has 108 valence electrons. The zero-order valence-corrected chi connectivity index (χ0v) is 12.0. The lowest BCUT2D eigenvalue weighted by Gasteiger charge is -2.13. The summed E-state index contributed by atoms with van der Waals surface area (Å²) in [5, 5.41) is 20.4. The Balaban J connectivity index is 1.48. The van der Waals surface area contributed by atoms with E-state index in [4.69, 9.17) is 4.74 Å². The van der Waals surface area contributed by atoms with Crippen LogP contribution in [0.3, 0.4) is 0 Å². The van der Waals surface area contributed by atoms with Gasteiger partial charge in [0.2, 0.25) is 0 Å². The minimum absolute atomic E-state index is 0.238. The van der Waals surface area contributed by atoms with Crippen LogP contribution in [-0.2, 0) is 11.2 Å². The molecule has 1 aromatic heterocycles. The largest absolute Gasteiger partial charge is 0.388 e. The first-order valence-corrected chi connectivity index (χ1v) is 8.01. The number of aromatic amines is 1. The number of ether oxygens (including phenoxy) is 1. The summed E-state index contributed by atoms with van der Waals surface area (Å²) in [5.41, 5.74) is 2.49. The van der Waals surface area contributed by atoms with Crippen LogP contribution < -0.4 is 0 Å². The summed E-state index contributed by atoms with van der Waals surface area (Å²) in [6.07, 6.45) is 1.35. The fraction of sp³-hybridized carbons (Fsp3) is 0.467. The van der Waals surface area contributed by atoms with E-state index in [1.165, 1.54) is 16.5 Å². The third-order valence-corrected chi connectivity index (χ3v) is 4.79. The molecule has 0 aliphatic carbocycles. The molecule has 0 radical (unpaired) electrons. The number of aromatic nitrogens is 1. The van der Waals surface area contributed by atoms with Gasteiger partial charge < -0.3 is 19.9 Å². The zero-order valence-electron chi connectivity index (χ0n) is 11.2. The Hall–Kier alpha value is -1.01. The van der Waals surface area contributed by atoms with Gasteiger partial charge in [-0.3, -0.25) is 0 Å². The third kappa shape index (κ3) is 2.86. The Bertz CT molecular complexity index is 571.